The first-order valence-corrected chi connectivity index (χ1v) is 6.31. The molecule has 0 bridgehead atoms. The van der Waals surface area contributed by atoms with Crippen molar-refractivity contribution in [3.63, 3.8) is 0 Å². The molecule has 1 aliphatic heterocycles. The number of amides is 1. The molecule has 6 nitrogen and oxygen atoms in total. The van der Waals surface area contributed by atoms with E-state index in [1.54, 1.807) is 18.7 Å². The maximum Gasteiger partial charge on any atom is 0.227 e. The van der Waals surface area contributed by atoms with Crippen LogP contribution >= 0.6 is 0 Å². The molecule has 0 radical (unpaired) electrons. The van der Waals surface area contributed by atoms with Crippen molar-refractivity contribution >= 4 is 5.91 Å². The molecule has 6 heteroatoms. The standard InChI is InChI=1S/C12H19N3O3/c1-8(16)10-5-6-15(7-10)12(17)4-3-11-13-9(2)14-18-11/h8,10,16H,3-7H2,1-2H3. The van der Waals surface area contributed by atoms with Crippen LogP contribution in [0.25, 0.3) is 0 Å². The van der Waals surface area contributed by atoms with Crippen LogP contribution in [0, 0.1) is 12.8 Å². The average molecular weight is 253 g/mol. The normalized spacial score (nSPS) is 21.3. The number of carbonyl (C=O) groups is 1. The van der Waals surface area contributed by atoms with E-state index in [4.69, 9.17) is 4.52 Å². The highest BCUT2D eigenvalue weighted by Crippen LogP contribution is 2.20. The lowest BCUT2D eigenvalue weighted by molar-refractivity contribution is -0.130. The van der Waals surface area contributed by atoms with Crippen LogP contribution < -0.4 is 0 Å². The number of hydrogen-bond donors (Lipinski definition) is 1. The van der Waals surface area contributed by atoms with Gasteiger partial charge < -0.3 is 14.5 Å². The zero-order valence-electron chi connectivity index (χ0n) is 10.8. The Balaban J connectivity index is 1.79. The van der Waals surface area contributed by atoms with Crippen LogP contribution in [-0.2, 0) is 11.2 Å². The number of aliphatic hydroxyl groups is 1. The minimum absolute atomic E-state index is 0.0917. The molecule has 2 atom stereocenters. The van der Waals surface area contributed by atoms with Gasteiger partial charge in [0.25, 0.3) is 0 Å². The molecule has 0 aliphatic carbocycles. The summed E-state index contributed by atoms with van der Waals surface area (Å²) in [6.45, 7) is 4.92. The van der Waals surface area contributed by atoms with Gasteiger partial charge in [-0.1, -0.05) is 5.16 Å². The Morgan fingerprint density at radius 2 is 2.44 bits per heavy atom. The second-order valence-corrected chi connectivity index (χ2v) is 4.86. The SMILES string of the molecule is Cc1noc(CCC(=O)N2CCC(C(C)O)C2)n1. The molecule has 0 spiro atoms. The Labute approximate surface area is 106 Å². The second kappa shape index (κ2) is 5.48. The fraction of sp³-hybridized carbons (Fsp3) is 0.750. The quantitative estimate of drug-likeness (QED) is 0.847. The van der Waals surface area contributed by atoms with Gasteiger partial charge >= 0.3 is 0 Å². The lowest BCUT2D eigenvalue weighted by Crippen LogP contribution is -2.30. The minimum Gasteiger partial charge on any atom is -0.393 e. The number of aryl methyl sites for hydroxylation is 2. The van der Waals surface area contributed by atoms with Gasteiger partial charge in [0.2, 0.25) is 11.8 Å². The molecule has 2 rings (SSSR count). The molecule has 2 heterocycles. The van der Waals surface area contributed by atoms with Gasteiger partial charge in [-0.3, -0.25) is 4.79 Å². The summed E-state index contributed by atoms with van der Waals surface area (Å²) in [7, 11) is 0. The Morgan fingerprint density at radius 3 is 3.00 bits per heavy atom. The van der Waals surface area contributed by atoms with Crippen molar-refractivity contribution in [3.8, 4) is 0 Å². The molecule has 1 amide bonds. The van der Waals surface area contributed by atoms with Gasteiger partial charge in [0.05, 0.1) is 6.10 Å². The summed E-state index contributed by atoms with van der Waals surface area (Å²) in [5, 5.41) is 13.2. The zero-order chi connectivity index (χ0) is 13.1. The van der Waals surface area contributed by atoms with Crippen molar-refractivity contribution in [1.29, 1.82) is 0 Å². The van der Waals surface area contributed by atoms with Crippen molar-refractivity contribution in [3.05, 3.63) is 11.7 Å². The molecule has 0 saturated carbocycles. The first-order chi connectivity index (χ1) is 8.56. The molecule has 18 heavy (non-hydrogen) atoms. The molecule has 1 saturated heterocycles. The number of rotatable bonds is 4. The third kappa shape index (κ3) is 3.07. The van der Waals surface area contributed by atoms with Gasteiger partial charge in [-0.2, -0.15) is 4.98 Å². The van der Waals surface area contributed by atoms with Crippen LogP contribution in [0.15, 0.2) is 4.52 Å². The second-order valence-electron chi connectivity index (χ2n) is 4.86. The first-order valence-electron chi connectivity index (χ1n) is 6.31. The van der Waals surface area contributed by atoms with E-state index in [-0.39, 0.29) is 17.9 Å². The van der Waals surface area contributed by atoms with E-state index >= 15 is 0 Å². The zero-order valence-corrected chi connectivity index (χ0v) is 10.8. The number of aromatic nitrogens is 2. The number of aliphatic hydroxyl groups excluding tert-OH is 1. The molecular formula is C12H19N3O3. The van der Waals surface area contributed by atoms with Crippen LogP contribution in [0.4, 0.5) is 0 Å². The molecule has 1 aromatic heterocycles. The highest BCUT2D eigenvalue weighted by molar-refractivity contribution is 5.76. The Hall–Kier alpha value is -1.43. The molecule has 1 fully saturated rings. The van der Waals surface area contributed by atoms with Crippen LogP contribution in [-0.4, -0.2) is 45.2 Å². The Bertz CT molecular complexity index is 416. The minimum atomic E-state index is -0.346. The van der Waals surface area contributed by atoms with Crippen LogP contribution in [0.3, 0.4) is 0 Å². The summed E-state index contributed by atoms with van der Waals surface area (Å²) in [4.78, 5) is 17.8. The monoisotopic (exact) mass is 253 g/mol. The Morgan fingerprint density at radius 1 is 1.67 bits per heavy atom. The lowest BCUT2D eigenvalue weighted by atomic mass is 10.0. The highest BCUT2D eigenvalue weighted by Gasteiger charge is 2.28. The number of likely N-dealkylation sites (tertiary alicyclic amines) is 1. The predicted octanol–water partition coefficient (Wildman–Crippen LogP) is 0.540. The van der Waals surface area contributed by atoms with E-state index in [0.717, 1.165) is 13.0 Å². The molecule has 1 aromatic rings. The summed E-state index contributed by atoms with van der Waals surface area (Å²) in [5.74, 6) is 1.40. The number of nitrogens with zero attached hydrogens (tertiary/aromatic N) is 3. The first kappa shape index (κ1) is 13.0. The van der Waals surface area contributed by atoms with Crippen molar-refractivity contribution in [2.75, 3.05) is 13.1 Å². The smallest absolute Gasteiger partial charge is 0.227 e. The van der Waals surface area contributed by atoms with Crippen molar-refractivity contribution in [2.45, 2.75) is 39.2 Å². The molecule has 0 aromatic carbocycles. The van der Waals surface area contributed by atoms with Crippen LogP contribution in [0.1, 0.15) is 31.5 Å². The topological polar surface area (TPSA) is 79.5 Å². The van der Waals surface area contributed by atoms with Crippen LogP contribution in [0.5, 0.6) is 0 Å². The van der Waals surface area contributed by atoms with E-state index in [0.29, 0.717) is 31.1 Å². The fourth-order valence-corrected chi connectivity index (χ4v) is 2.22. The van der Waals surface area contributed by atoms with Crippen molar-refractivity contribution in [2.24, 2.45) is 5.92 Å². The van der Waals surface area contributed by atoms with Gasteiger partial charge in [-0.25, -0.2) is 0 Å². The third-order valence-corrected chi connectivity index (χ3v) is 3.38. The molecule has 100 valence electrons. The van der Waals surface area contributed by atoms with Gasteiger partial charge in [-0.05, 0) is 20.3 Å². The number of hydrogen-bond acceptors (Lipinski definition) is 5. The maximum atomic E-state index is 11.9. The average Bonchev–Trinajstić information content (AvgIpc) is 2.94. The fourth-order valence-electron chi connectivity index (χ4n) is 2.22. The van der Waals surface area contributed by atoms with Crippen molar-refractivity contribution in [1.82, 2.24) is 15.0 Å². The van der Waals surface area contributed by atoms with Crippen molar-refractivity contribution < 1.29 is 14.4 Å². The summed E-state index contributed by atoms with van der Waals surface area (Å²) < 4.78 is 4.96. The summed E-state index contributed by atoms with van der Waals surface area (Å²) in [6, 6.07) is 0. The van der Waals surface area contributed by atoms with E-state index in [2.05, 4.69) is 10.1 Å². The van der Waals surface area contributed by atoms with Gasteiger partial charge in [0, 0.05) is 31.8 Å². The van der Waals surface area contributed by atoms with E-state index < -0.39 is 0 Å². The molecule has 1 N–H and O–H groups in total. The Kier molecular flexibility index (Phi) is 3.96. The third-order valence-electron chi connectivity index (χ3n) is 3.38. The number of carbonyl (C=O) groups excluding carboxylic acids is 1. The molecular weight excluding hydrogens is 234 g/mol. The summed E-state index contributed by atoms with van der Waals surface area (Å²) in [6.07, 6.45) is 1.40. The molecule has 2 unspecified atom stereocenters. The van der Waals surface area contributed by atoms with E-state index in [1.807, 2.05) is 0 Å². The van der Waals surface area contributed by atoms with Crippen LogP contribution in [0.2, 0.25) is 0 Å². The van der Waals surface area contributed by atoms with Gasteiger partial charge in [0.1, 0.15) is 0 Å². The molecule has 1 aliphatic rings. The maximum absolute atomic E-state index is 11.9. The lowest BCUT2D eigenvalue weighted by Gasteiger charge is -2.17. The van der Waals surface area contributed by atoms with Gasteiger partial charge in [0.15, 0.2) is 5.82 Å². The van der Waals surface area contributed by atoms with E-state index in [1.165, 1.54) is 0 Å². The van der Waals surface area contributed by atoms with Gasteiger partial charge in [-0.15, -0.1) is 0 Å². The predicted molar refractivity (Wildman–Crippen MR) is 63.7 cm³/mol. The summed E-state index contributed by atoms with van der Waals surface area (Å²) >= 11 is 0. The highest BCUT2D eigenvalue weighted by atomic mass is 16.5. The largest absolute Gasteiger partial charge is 0.393 e. The summed E-state index contributed by atoms with van der Waals surface area (Å²) in [5.41, 5.74) is 0. The van der Waals surface area contributed by atoms with E-state index in [9.17, 15) is 9.90 Å².